The lowest BCUT2D eigenvalue weighted by Crippen LogP contribution is -3.14. The molecule has 0 bridgehead atoms. The molecule has 1 saturated heterocycles. The van der Waals surface area contributed by atoms with Crippen molar-refractivity contribution in [3.63, 3.8) is 0 Å². The average molecular weight is 320 g/mol. The van der Waals surface area contributed by atoms with Crippen molar-refractivity contribution in [1.29, 1.82) is 0 Å². The summed E-state index contributed by atoms with van der Waals surface area (Å²) in [6.45, 7) is 7.55. The van der Waals surface area contributed by atoms with Crippen LogP contribution in [0.1, 0.15) is 17.5 Å². The summed E-state index contributed by atoms with van der Waals surface area (Å²) in [4.78, 5) is 24.9. The van der Waals surface area contributed by atoms with E-state index in [1.807, 2.05) is 31.2 Å². The highest BCUT2D eigenvalue weighted by molar-refractivity contribution is 6.35. The third kappa shape index (κ3) is 6.38. The van der Waals surface area contributed by atoms with Crippen molar-refractivity contribution in [1.82, 2.24) is 10.6 Å². The zero-order chi connectivity index (χ0) is 16.5. The average Bonchev–Trinajstić information content (AvgIpc) is 2.58. The van der Waals surface area contributed by atoms with Gasteiger partial charge in [-0.1, -0.05) is 29.8 Å². The normalized spacial score (nSPS) is 15.2. The first-order chi connectivity index (χ1) is 11.1. The Morgan fingerprint density at radius 1 is 1.09 bits per heavy atom. The lowest BCUT2D eigenvalue weighted by atomic mass is 10.1. The number of carbonyl (C=O) groups excluding carboxylic acids is 2. The number of ether oxygens (including phenoxy) is 1. The van der Waals surface area contributed by atoms with E-state index in [0.29, 0.717) is 13.1 Å². The molecule has 23 heavy (non-hydrogen) atoms. The number of aryl methyl sites for hydroxylation is 1. The van der Waals surface area contributed by atoms with E-state index >= 15 is 0 Å². The smallest absolute Gasteiger partial charge is 0.309 e. The molecule has 1 fully saturated rings. The molecule has 0 radical (unpaired) electrons. The van der Waals surface area contributed by atoms with Crippen LogP contribution in [0.15, 0.2) is 24.3 Å². The van der Waals surface area contributed by atoms with Crippen LogP contribution in [0, 0.1) is 6.92 Å². The van der Waals surface area contributed by atoms with Crippen LogP contribution in [0.2, 0.25) is 0 Å². The quantitative estimate of drug-likeness (QED) is 0.467. The van der Waals surface area contributed by atoms with Crippen LogP contribution in [0.25, 0.3) is 0 Å². The monoisotopic (exact) mass is 320 g/mol. The first-order valence-corrected chi connectivity index (χ1v) is 8.18. The standard InChI is InChI=1S/C17H25N3O3/c1-14-3-5-15(6-4-14)13-19-17(22)16(21)18-7-2-8-20-9-11-23-12-10-20/h3-6H,2,7-13H2,1H3,(H,18,21)(H,19,22)/p+1. The maximum Gasteiger partial charge on any atom is 0.309 e. The Hall–Kier alpha value is -1.92. The lowest BCUT2D eigenvalue weighted by Gasteiger charge is -2.23. The van der Waals surface area contributed by atoms with E-state index in [-0.39, 0.29) is 0 Å². The van der Waals surface area contributed by atoms with E-state index in [9.17, 15) is 9.59 Å². The first-order valence-electron chi connectivity index (χ1n) is 8.18. The molecule has 3 N–H and O–H groups in total. The molecule has 2 rings (SSSR count). The van der Waals surface area contributed by atoms with E-state index in [0.717, 1.165) is 44.8 Å². The van der Waals surface area contributed by atoms with Crippen molar-refractivity contribution < 1.29 is 19.2 Å². The van der Waals surface area contributed by atoms with Gasteiger partial charge in [0, 0.05) is 19.5 Å². The van der Waals surface area contributed by atoms with Crippen LogP contribution in [0.5, 0.6) is 0 Å². The van der Waals surface area contributed by atoms with E-state index < -0.39 is 11.8 Å². The molecule has 126 valence electrons. The van der Waals surface area contributed by atoms with Gasteiger partial charge in [0.05, 0.1) is 19.8 Å². The number of nitrogens with one attached hydrogen (secondary N) is 3. The number of hydrogen-bond acceptors (Lipinski definition) is 3. The van der Waals surface area contributed by atoms with Gasteiger partial charge in [0.15, 0.2) is 0 Å². The molecular weight excluding hydrogens is 294 g/mol. The van der Waals surface area contributed by atoms with Gasteiger partial charge in [-0.25, -0.2) is 0 Å². The second kappa shape index (κ2) is 9.27. The molecule has 1 aromatic carbocycles. The SMILES string of the molecule is Cc1ccc(CNC(=O)C(=O)NCCC[NH+]2CCOCC2)cc1. The summed E-state index contributed by atoms with van der Waals surface area (Å²) in [6.07, 6.45) is 0.867. The van der Waals surface area contributed by atoms with E-state index in [2.05, 4.69) is 10.6 Å². The summed E-state index contributed by atoms with van der Waals surface area (Å²) in [7, 11) is 0. The van der Waals surface area contributed by atoms with Crippen molar-refractivity contribution in [2.24, 2.45) is 0 Å². The van der Waals surface area contributed by atoms with Crippen LogP contribution in [-0.2, 0) is 20.9 Å². The molecule has 0 spiro atoms. The fourth-order valence-electron chi connectivity index (χ4n) is 2.50. The van der Waals surface area contributed by atoms with Gasteiger partial charge >= 0.3 is 11.8 Å². The Morgan fingerprint density at radius 2 is 1.74 bits per heavy atom. The van der Waals surface area contributed by atoms with Crippen LogP contribution in [0.4, 0.5) is 0 Å². The Bertz CT molecular complexity index is 510. The molecule has 1 aromatic rings. The highest BCUT2D eigenvalue weighted by Gasteiger charge is 2.15. The number of amides is 2. The summed E-state index contributed by atoms with van der Waals surface area (Å²) in [5, 5.41) is 5.31. The van der Waals surface area contributed by atoms with Crippen molar-refractivity contribution in [2.75, 3.05) is 39.4 Å². The predicted octanol–water partition coefficient (Wildman–Crippen LogP) is -0.967. The second-order valence-electron chi connectivity index (χ2n) is 5.89. The molecule has 0 aromatic heterocycles. The molecule has 2 amide bonds. The van der Waals surface area contributed by atoms with Gasteiger partial charge in [0.2, 0.25) is 0 Å². The Labute approximate surface area is 137 Å². The predicted molar refractivity (Wildman–Crippen MR) is 87.0 cm³/mol. The summed E-state index contributed by atoms with van der Waals surface area (Å²) in [6, 6.07) is 7.85. The molecule has 0 aliphatic carbocycles. The van der Waals surface area contributed by atoms with Crippen LogP contribution < -0.4 is 15.5 Å². The Morgan fingerprint density at radius 3 is 2.43 bits per heavy atom. The topological polar surface area (TPSA) is 71.9 Å². The third-order valence-electron chi connectivity index (χ3n) is 3.97. The highest BCUT2D eigenvalue weighted by Crippen LogP contribution is 2.02. The molecule has 0 unspecified atom stereocenters. The van der Waals surface area contributed by atoms with Crippen LogP contribution >= 0.6 is 0 Å². The van der Waals surface area contributed by atoms with Gasteiger partial charge in [0.25, 0.3) is 0 Å². The van der Waals surface area contributed by atoms with E-state index in [1.165, 1.54) is 10.5 Å². The number of rotatable bonds is 6. The maximum absolute atomic E-state index is 11.7. The Kier molecular flexibility index (Phi) is 7.03. The highest BCUT2D eigenvalue weighted by atomic mass is 16.5. The summed E-state index contributed by atoms with van der Waals surface area (Å²) in [5.74, 6) is -1.14. The minimum atomic E-state index is -0.579. The van der Waals surface area contributed by atoms with E-state index in [4.69, 9.17) is 4.74 Å². The van der Waals surface area contributed by atoms with Gasteiger partial charge in [0.1, 0.15) is 13.1 Å². The van der Waals surface area contributed by atoms with Gasteiger partial charge in [-0.3, -0.25) is 9.59 Å². The second-order valence-corrected chi connectivity index (χ2v) is 5.89. The zero-order valence-corrected chi connectivity index (χ0v) is 13.7. The van der Waals surface area contributed by atoms with Crippen molar-refractivity contribution in [2.45, 2.75) is 19.9 Å². The minimum absolute atomic E-state index is 0.366. The Balaban J connectivity index is 1.59. The third-order valence-corrected chi connectivity index (χ3v) is 3.97. The molecule has 6 heteroatoms. The van der Waals surface area contributed by atoms with Crippen molar-refractivity contribution in [3.05, 3.63) is 35.4 Å². The minimum Gasteiger partial charge on any atom is -0.370 e. The summed E-state index contributed by atoms with van der Waals surface area (Å²) in [5.41, 5.74) is 2.15. The molecule has 1 heterocycles. The largest absolute Gasteiger partial charge is 0.370 e. The number of morpholine rings is 1. The zero-order valence-electron chi connectivity index (χ0n) is 13.7. The van der Waals surface area contributed by atoms with Gasteiger partial charge in [-0.05, 0) is 12.5 Å². The molecule has 6 nitrogen and oxygen atoms in total. The van der Waals surface area contributed by atoms with Crippen molar-refractivity contribution in [3.8, 4) is 0 Å². The van der Waals surface area contributed by atoms with Crippen molar-refractivity contribution >= 4 is 11.8 Å². The van der Waals surface area contributed by atoms with Crippen LogP contribution in [-0.4, -0.2) is 51.2 Å². The van der Waals surface area contributed by atoms with Crippen LogP contribution in [0.3, 0.4) is 0 Å². The van der Waals surface area contributed by atoms with Gasteiger partial charge in [-0.2, -0.15) is 0 Å². The number of hydrogen-bond donors (Lipinski definition) is 3. The molecule has 0 saturated carbocycles. The number of quaternary nitrogens is 1. The maximum atomic E-state index is 11.7. The molecule has 1 aliphatic heterocycles. The van der Waals surface area contributed by atoms with Gasteiger partial charge in [-0.15, -0.1) is 0 Å². The number of benzene rings is 1. The van der Waals surface area contributed by atoms with Gasteiger partial charge < -0.3 is 20.3 Å². The summed E-state index contributed by atoms with van der Waals surface area (Å²) >= 11 is 0. The molecular formula is C17H26N3O3+. The molecule has 1 aliphatic rings. The molecule has 0 atom stereocenters. The fourth-order valence-corrected chi connectivity index (χ4v) is 2.50. The van der Waals surface area contributed by atoms with E-state index in [1.54, 1.807) is 0 Å². The summed E-state index contributed by atoms with van der Waals surface area (Å²) < 4.78 is 5.30. The first kappa shape index (κ1) is 17.4. The lowest BCUT2D eigenvalue weighted by molar-refractivity contribution is -0.908. The fraction of sp³-hybridized carbons (Fsp3) is 0.529. The number of carbonyl (C=O) groups is 2.